The molecule has 8 nitrogen and oxygen atoms in total. The first-order chi connectivity index (χ1) is 11.9. The summed E-state index contributed by atoms with van der Waals surface area (Å²) in [5.74, 6) is 1.34. The molecule has 0 bridgehead atoms. The molecule has 0 saturated carbocycles. The average Bonchev–Trinajstić information content (AvgIpc) is 2.95. The van der Waals surface area contributed by atoms with Gasteiger partial charge in [0.15, 0.2) is 0 Å². The van der Waals surface area contributed by atoms with Crippen molar-refractivity contribution in [1.82, 2.24) is 14.4 Å². The summed E-state index contributed by atoms with van der Waals surface area (Å²) in [6, 6.07) is 3.18. The van der Waals surface area contributed by atoms with Gasteiger partial charge in [0.1, 0.15) is 16.5 Å². The molecule has 1 saturated heterocycles. The minimum Gasteiger partial charge on any atom is -0.379 e. The zero-order valence-electron chi connectivity index (χ0n) is 14.5. The molecule has 1 aliphatic rings. The van der Waals surface area contributed by atoms with Crippen LogP contribution >= 0.6 is 0 Å². The van der Waals surface area contributed by atoms with Crippen molar-refractivity contribution in [2.24, 2.45) is 0 Å². The van der Waals surface area contributed by atoms with Gasteiger partial charge < -0.3 is 14.6 Å². The van der Waals surface area contributed by atoms with E-state index in [9.17, 15) is 8.42 Å². The Morgan fingerprint density at radius 1 is 1.24 bits per heavy atom. The lowest BCUT2D eigenvalue weighted by Gasteiger charge is -2.26. The van der Waals surface area contributed by atoms with E-state index in [1.165, 1.54) is 10.5 Å². The first kappa shape index (κ1) is 17.8. The highest BCUT2D eigenvalue weighted by Crippen LogP contribution is 2.25. The van der Waals surface area contributed by atoms with Crippen LogP contribution in [0.5, 0.6) is 0 Å². The van der Waals surface area contributed by atoms with Crippen molar-refractivity contribution in [1.29, 1.82) is 0 Å². The predicted octanol–water partition coefficient (Wildman–Crippen LogP) is 1.88. The molecule has 0 aromatic carbocycles. The first-order valence-electron chi connectivity index (χ1n) is 8.13. The average molecular weight is 366 g/mol. The summed E-state index contributed by atoms with van der Waals surface area (Å²) in [6.07, 6.45) is 1.38. The van der Waals surface area contributed by atoms with Crippen molar-refractivity contribution < 1.29 is 17.7 Å². The number of morpholine rings is 1. The number of hydrogen-bond acceptors (Lipinski definition) is 7. The number of pyridine rings is 1. The largest absolute Gasteiger partial charge is 0.379 e. The summed E-state index contributed by atoms with van der Waals surface area (Å²) in [6.45, 7) is 7.29. The van der Waals surface area contributed by atoms with Gasteiger partial charge in [0.05, 0.1) is 24.9 Å². The fourth-order valence-electron chi connectivity index (χ4n) is 2.96. The zero-order chi connectivity index (χ0) is 18.0. The Morgan fingerprint density at radius 3 is 2.52 bits per heavy atom. The Hall–Kier alpha value is -1.97. The van der Waals surface area contributed by atoms with E-state index in [0.29, 0.717) is 32.1 Å². The summed E-state index contributed by atoms with van der Waals surface area (Å²) in [5, 5.41) is 7.19. The van der Waals surface area contributed by atoms with Gasteiger partial charge in [-0.3, -0.25) is 0 Å². The van der Waals surface area contributed by atoms with E-state index in [4.69, 9.17) is 9.26 Å². The van der Waals surface area contributed by atoms with Gasteiger partial charge >= 0.3 is 0 Å². The van der Waals surface area contributed by atoms with Crippen LogP contribution in [0.15, 0.2) is 27.7 Å². The van der Waals surface area contributed by atoms with Crippen LogP contribution in [0.4, 0.5) is 5.82 Å². The Morgan fingerprint density at radius 2 is 1.96 bits per heavy atom. The smallest absolute Gasteiger partial charge is 0.244 e. The van der Waals surface area contributed by atoms with E-state index in [2.05, 4.69) is 15.5 Å². The highest BCUT2D eigenvalue weighted by molar-refractivity contribution is 7.89. The minimum atomic E-state index is -3.53. The standard InChI is InChI=1S/C16H22N4O4S/c1-11(16-12(2)19-24-13(16)3)18-15-5-4-14(10-17-15)25(21,22)20-6-8-23-9-7-20/h4-5,10-11H,6-9H2,1-3H3,(H,17,18). The van der Waals surface area contributed by atoms with Gasteiger partial charge in [-0.05, 0) is 32.9 Å². The lowest BCUT2D eigenvalue weighted by Crippen LogP contribution is -2.40. The number of ether oxygens (including phenoxy) is 1. The van der Waals surface area contributed by atoms with Crippen LogP contribution in [0.1, 0.15) is 30.0 Å². The monoisotopic (exact) mass is 366 g/mol. The van der Waals surface area contributed by atoms with Crippen LogP contribution in [-0.2, 0) is 14.8 Å². The second-order valence-corrected chi connectivity index (χ2v) is 7.94. The van der Waals surface area contributed by atoms with E-state index in [1.54, 1.807) is 12.1 Å². The molecule has 0 radical (unpaired) electrons. The van der Waals surface area contributed by atoms with Gasteiger partial charge in [0.25, 0.3) is 0 Å². The molecule has 0 aliphatic carbocycles. The Kier molecular flexibility index (Phi) is 5.07. The molecular weight excluding hydrogens is 344 g/mol. The first-order valence-corrected chi connectivity index (χ1v) is 9.57. The Bertz CT molecular complexity index is 807. The predicted molar refractivity (Wildman–Crippen MR) is 91.8 cm³/mol. The fraction of sp³-hybridized carbons (Fsp3) is 0.500. The third-order valence-corrected chi connectivity index (χ3v) is 6.11. The molecule has 1 aliphatic heterocycles. The Labute approximate surface area is 147 Å². The van der Waals surface area contributed by atoms with Crippen LogP contribution in [-0.4, -0.2) is 49.2 Å². The van der Waals surface area contributed by atoms with Gasteiger partial charge in [-0.2, -0.15) is 4.31 Å². The molecule has 1 unspecified atom stereocenters. The van der Waals surface area contributed by atoms with Gasteiger partial charge in [-0.15, -0.1) is 0 Å². The number of aryl methyl sites for hydroxylation is 2. The molecule has 3 heterocycles. The van der Waals surface area contributed by atoms with E-state index in [-0.39, 0.29) is 10.9 Å². The number of aromatic nitrogens is 2. The van der Waals surface area contributed by atoms with Crippen molar-refractivity contribution in [3.8, 4) is 0 Å². The highest BCUT2D eigenvalue weighted by Gasteiger charge is 2.26. The van der Waals surface area contributed by atoms with Gasteiger partial charge in [-0.25, -0.2) is 13.4 Å². The number of nitrogens with zero attached hydrogens (tertiary/aromatic N) is 3. The maximum atomic E-state index is 12.6. The van der Waals surface area contributed by atoms with Crippen LogP contribution in [0.2, 0.25) is 0 Å². The van der Waals surface area contributed by atoms with Crippen molar-refractivity contribution in [3.05, 3.63) is 35.3 Å². The summed E-state index contributed by atoms with van der Waals surface area (Å²) in [4.78, 5) is 4.43. The van der Waals surface area contributed by atoms with Gasteiger partial charge in [-0.1, -0.05) is 5.16 Å². The number of anilines is 1. The second kappa shape index (κ2) is 7.11. The van der Waals surface area contributed by atoms with E-state index in [1.807, 2.05) is 20.8 Å². The summed E-state index contributed by atoms with van der Waals surface area (Å²) in [7, 11) is -3.53. The topological polar surface area (TPSA) is 97.6 Å². The molecule has 9 heteroatoms. The van der Waals surface area contributed by atoms with E-state index in [0.717, 1.165) is 17.0 Å². The maximum absolute atomic E-state index is 12.6. The fourth-order valence-corrected chi connectivity index (χ4v) is 4.31. The third kappa shape index (κ3) is 3.68. The molecule has 25 heavy (non-hydrogen) atoms. The second-order valence-electron chi connectivity index (χ2n) is 6.00. The number of hydrogen-bond donors (Lipinski definition) is 1. The molecule has 1 N–H and O–H groups in total. The zero-order valence-corrected chi connectivity index (χ0v) is 15.3. The van der Waals surface area contributed by atoms with Gasteiger partial charge in [0.2, 0.25) is 10.0 Å². The van der Waals surface area contributed by atoms with Crippen LogP contribution < -0.4 is 5.32 Å². The van der Waals surface area contributed by atoms with Crippen molar-refractivity contribution >= 4 is 15.8 Å². The number of nitrogens with one attached hydrogen (secondary N) is 1. The quantitative estimate of drug-likeness (QED) is 0.863. The summed E-state index contributed by atoms with van der Waals surface area (Å²) >= 11 is 0. The highest BCUT2D eigenvalue weighted by atomic mass is 32.2. The normalized spacial score (nSPS) is 17.4. The van der Waals surface area contributed by atoms with Crippen molar-refractivity contribution in [2.75, 3.05) is 31.6 Å². The molecule has 2 aromatic rings. The summed E-state index contributed by atoms with van der Waals surface area (Å²) in [5.41, 5.74) is 1.80. The molecule has 3 rings (SSSR count). The number of sulfonamides is 1. The summed E-state index contributed by atoms with van der Waals surface area (Å²) < 4.78 is 37.0. The lowest BCUT2D eigenvalue weighted by atomic mass is 10.1. The van der Waals surface area contributed by atoms with Crippen LogP contribution in [0, 0.1) is 13.8 Å². The lowest BCUT2D eigenvalue weighted by molar-refractivity contribution is 0.0730. The number of rotatable bonds is 5. The molecular formula is C16H22N4O4S. The third-order valence-electron chi connectivity index (χ3n) is 4.23. The Balaban J connectivity index is 1.74. The molecule has 0 spiro atoms. The molecule has 1 fully saturated rings. The van der Waals surface area contributed by atoms with Gasteiger partial charge in [0, 0.05) is 24.8 Å². The molecule has 1 atom stereocenters. The van der Waals surface area contributed by atoms with E-state index >= 15 is 0 Å². The van der Waals surface area contributed by atoms with Crippen molar-refractivity contribution in [2.45, 2.75) is 31.7 Å². The molecule has 0 amide bonds. The van der Waals surface area contributed by atoms with Crippen LogP contribution in [0.25, 0.3) is 0 Å². The maximum Gasteiger partial charge on any atom is 0.244 e. The van der Waals surface area contributed by atoms with Crippen LogP contribution in [0.3, 0.4) is 0 Å². The minimum absolute atomic E-state index is 0.0551. The molecule has 136 valence electrons. The SMILES string of the molecule is Cc1noc(C)c1C(C)Nc1ccc(S(=O)(=O)N2CCOCC2)cn1. The van der Waals surface area contributed by atoms with E-state index < -0.39 is 10.0 Å². The van der Waals surface area contributed by atoms with Crippen molar-refractivity contribution in [3.63, 3.8) is 0 Å². The molecule has 2 aromatic heterocycles.